The van der Waals surface area contributed by atoms with Crippen molar-refractivity contribution in [2.24, 2.45) is 5.73 Å². The fraction of sp³-hybridized carbons (Fsp3) is 0.667. The molecule has 0 fully saturated rings. The summed E-state index contributed by atoms with van der Waals surface area (Å²) in [6.07, 6.45) is 0. The smallest absolute Gasteiger partial charge is 0.480 e. The zero-order valence-corrected chi connectivity index (χ0v) is 6.97. The number of nitrogens with two attached hydrogens (primary N) is 1. The summed E-state index contributed by atoms with van der Waals surface area (Å²) < 4.78 is 0. The zero-order chi connectivity index (χ0) is 8.73. The van der Waals surface area contributed by atoms with Gasteiger partial charge in [0.1, 0.15) is 6.04 Å². The van der Waals surface area contributed by atoms with Crippen LogP contribution in [0.1, 0.15) is 6.92 Å². The molecule has 0 amide bonds. The van der Waals surface area contributed by atoms with Gasteiger partial charge in [-0.15, -0.1) is 0 Å². The summed E-state index contributed by atoms with van der Waals surface area (Å²) in [6, 6.07) is -0.731. The molecule has 0 saturated heterocycles. The van der Waals surface area contributed by atoms with E-state index in [0.717, 1.165) is 0 Å². The number of nitrogens with zero attached hydrogens (tertiary/aromatic N) is 1. The van der Waals surface area contributed by atoms with Crippen LogP contribution in [0.4, 0.5) is 0 Å². The van der Waals surface area contributed by atoms with Gasteiger partial charge in [-0.2, -0.15) is 0 Å². The molecule has 11 heavy (non-hydrogen) atoms. The Morgan fingerprint density at radius 1 is 1.64 bits per heavy atom. The second-order valence-electron chi connectivity index (χ2n) is 1.35. The van der Waals surface area contributed by atoms with Crippen molar-refractivity contribution in [3.8, 4) is 0 Å². The van der Waals surface area contributed by atoms with Crippen molar-refractivity contribution >= 4 is 5.97 Å². The molecule has 0 radical (unpaired) electrons. The van der Waals surface area contributed by atoms with Crippen LogP contribution in [-0.2, 0) is 27.2 Å². The first-order chi connectivity index (χ1) is 4.37. The third kappa shape index (κ3) is 44.8. The fourth-order valence-corrected chi connectivity index (χ4v) is 0. The van der Waals surface area contributed by atoms with Crippen LogP contribution in [0.15, 0.2) is 0 Å². The summed E-state index contributed by atoms with van der Waals surface area (Å²) in [5.41, 5.74) is 4.84. The van der Waals surface area contributed by atoms with Crippen LogP contribution in [0, 0.1) is 15.3 Å². The summed E-state index contributed by atoms with van der Waals surface area (Å²) >= 11 is 0. The summed E-state index contributed by atoms with van der Waals surface area (Å²) in [7, 11) is 0. The van der Waals surface area contributed by atoms with E-state index in [2.05, 4.69) is 0 Å². The Labute approximate surface area is 77.8 Å². The largest absolute Gasteiger partial charge is 1.00 e. The Hall–Kier alpha value is -0.630. The van der Waals surface area contributed by atoms with Gasteiger partial charge >= 0.3 is 28.3 Å². The molecule has 0 aliphatic carbocycles. The molecule has 0 saturated carbocycles. The van der Waals surface area contributed by atoms with Crippen LogP contribution in [-0.4, -0.2) is 22.2 Å². The molecule has 3 N–H and O–H groups in total. The van der Waals surface area contributed by atoms with E-state index >= 15 is 0 Å². The average Bonchev–Trinajstić information content (AvgIpc) is 1.63. The van der Waals surface area contributed by atoms with Gasteiger partial charge in [-0.25, -0.2) is 0 Å². The maximum atomic E-state index is 9.57. The summed E-state index contributed by atoms with van der Waals surface area (Å²) in [4.78, 5) is 17.8. The molecule has 0 aromatic rings. The first-order valence-electron chi connectivity index (χ1n) is 2.17. The maximum absolute atomic E-state index is 9.57. The Morgan fingerprint density at radius 2 is 1.73 bits per heavy atom. The van der Waals surface area contributed by atoms with E-state index in [1.54, 1.807) is 0 Å². The number of aliphatic carboxylic acids is 1. The van der Waals surface area contributed by atoms with Gasteiger partial charge in [-0.1, -0.05) is 0 Å². The topological polar surface area (TPSA) is 130 Å². The van der Waals surface area contributed by atoms with Gasteiger partial charge in [0.15, 0.2) is 0 Å². The number of carboxylic acids is 1. The maximum Gasteiger partial charge on any atom is 1.00 e. The third-order valence-corrected chi connectivity index (χ3v) is 0.390. The molecule has 0 bridgehead atoms. The van der Waals surface area contributed by atoms with Crippen molar-refractivity contribution < 1.29 is 37.4 Å². The van der Waals surface area contributed by atoms with Crippen LogP contribution in [0.2, 0.25) is 0 Å². The van der Waals surface area contributed by atoms with E-state index in [4.69, 9.17) is 26.2 Å². The first-order valence-corrected chi connectivity index (χ1v) is 2.17. The van der Waals surface area contributed by atoms with Crippen molar-refractivity contribution in [1.29, 1.82) is 0 Å². The van der Waals surface area contributed by atoms with Crippen molar-refractivity contribution in [3.05, 3.63) is 15.3 Å². The number of rotatable bonds is 1. The monoisotopic (exact) mass is 258 g/mol. The SMILES string of the molecule is CC(N)C(=O)O.O=[N+]([O-])[O-].[Ag+]. The molecule has 0 rings (SSSR count). The average molecular weight is 259 g/mol. The molecule has 0 aromatic carbocycles. The Morgan fingerprint density at radius 3 is 1.73 bits per heavy atom. The Bertz CT molecular complexity index is 123. The van der Waals surface area contributed by atoms with Crippen LogP contribution in [0.25, 0.3) is 0 Å². The van der Waals surface area contributed by atoms with E-state index < -0.39 is 17.1 Å². The van der Waals surface area contributed by atoms with E-state index in [-0.39, 0.29) is 22.4 Å². The van der Waals surface area contributed by atoms with E-state index in [0.29, 0.717) is 0 Å². The first kappa shape index (κ1) is 16.8. The number of carbonyl (C=O) groups is 1. The Balaban J connectivity index is -0.000000114. The molecule has 1 unspecified atom stereocenters. The van der Waals surface area contributed by atoms with Gasteiger partial charge in [0.25, 0.3) is 0 Å². The minimum Gasteiger partial charge on any atom is -0.480 e. The van der Waals surface area contributed by atoms with Crippen LogP contribution >= 0.6 is 0 Å². The standard InChI is InChI=1S/C3H7NO2.Ag.NO3/c1-2(4)3(5)6;;2-1(3)4/h2H,4H2,1H3,(H,5,6);;/q;+1;-1. The molecule has 0 aliphatic rings. The predicted molar refractivity (Wildman–Crippen MR) is 31.6 cm³/mol. The van der Waals surface area contributed by atoms with Crippen LogP contribution in [0.3, 0.4) is 0 Å². The normalized spacial score (nSPS) is 9.64. The van der Waals surface area contributed by atoms with Crippen molar-refractivity contribution in [1.82, 2.24) is 0 Å². The third-order valence-electron chi connectivity index (χ3n) is 0.390. The number of carboxylic acid groups (broad SMARTS) is 1. The summed E-state index contributed by atoms with van der Waals surface area (Å²) in [6.45, 7) is 1.42. The van der Waals surface area contributed by atoms with Crippen LogP contribution in [0.5, 0.6) is 0 Å². The van der Waals surface area contributed by atoms with Crippen molar-refractivity contribution in [2.75, 3.05) is 0 Å². The second kappa shape index (κ2) is 9.37. The summed E-state index contributed by atoms with van der Waals surface area (Å²) in [5, 5.41) is 22.6. The van der Waals surface area contributed by atoms with Gasteiger partial charge in [0, 0.05) is 0 Å². The minimum atomic E-state index is -1.75. The van der Waals surface area contributed by atoms with Gasteiger partial charge in [-0.05, 0) is 6.92 Å². The van der Waals surface area contributed by atoms with Crippen LogP contribution < -0.4 is 5.73 Å². The zero-order valence-electron chi connectivity index (χ0n) is 5.48. The molecule has 7 nitrogen and oxygen atoms in total. The quantitative estimate of drug-likeness (QED) is 0.359. The molecular weight excluding hydrogens is 252 g/mol. The van der Waals surface area contributed by atoms with Gasteiger partial charge in [-0.3, -0.25) is 4.79 Å². The molecule has 0 heterocycles. The number of hydrogen-bond donors (Lipinski definition) is 2. The van der Waals surface area contributed by atoms with E-state index in [1.807, 2.05) is 0 Å². The molecule has 70 valence electrons. The molecule has 8 heteroatoms. The minimum absolute atomic E-state index is 0. The van der Waals surface area contributed by atoms with Gasteiger partial charge in [0.2, 0.25) is 0 Å². The fourth-order valence-electron chi connectivity index (χ4n) is 0. The molecule has 0 aliphatic heterocycles. The number of hydrogen-bond acceptors (Lipinski definition) is 5. The van der Waals surface area contributed by atoms with Crippen molar-refractivity contribution in [3.63, 3.8) is 0 Å². The predicted octanol–water partition coefficient (Wildman–Crippen LogP) is -0.823. The second-order valence-corrected chi connectivity index (χ2v) is 1.35. The Kier molecular flexibility index (Phi) is 14.3. The molecule has 1 atom stereocenters. The molecular formula is C3H7AgN2O5. The molecule has 0 aromatic heterocycles. The molecule has 0 spiro atoms. The van der Waals surface area contributed by atoms with E-state index in [1.165, 1.54) is 6.92 Å². The van der Waals surface area contributed by atoms with Gasteiger partial charge < -0.3 is 26.2 Å². The van der Waals surface area contributed by atoms with Gasteiger partial charge in [0.05, 0.1) is 5.09 Å². The van der Waals surface area contributed by atoms with E-state index in [9.17, 15) is 4.79 Å². The summed E-state index contributed by atoms with van der Waals surface area (Å²) in [5.74, 6) is -0.963. The van der Waals surface area contributed by atoms with Crippen molar-refractivity contribution in [2.45, 2.75) is 13.0 Å².